The summed E-state index contributed by atoms with van der Waals surface area (Å²) in [6, 6.07) is 22.6. The van der Waals surface area contributed by atoms with Gasteiger partial charge in [-0.15, -0.1) is 0 Å². The van der Waals surface area contributed by atoms with E-state index in [4.69, 9.17) is 4.74 Å². The van der Waals surface area contributed by atoms with Crippen molar-refractivity contribution in [3.8, 4) is 17.2 Å². The van der Waals surface area contributed by atoms with E-state index in [0.29, 0.717) is 5.56 Å². The lowest BCUT2D eigenvalue weighted by molar-refractivity contribution is 0.0467. The molecule has 0 spiro atoms. The Labute approximate surface area is 144 Å². The highest BCUT2D eigenvalue weighted by Crippen LogP contribution is 2.23. The summed E-state index contributed by atoms with van der Waals surface area (Å²) in [5.74, 6) is -1.30. The second kappa shape index (κ2) is 7.41. The molecule has 3 rings (SSSR count). The molecule has 0 aliphatic carbocycles. The van der Waals surface area contributed by atoms with Crippen LogP contribution in [0.2, 0.25) is 0 Å². The Hall–Kier alpha value is -3.45. The van der Waals surface area contributed by atoms with Crippen LogP contribution in [0, 0.1) is 17.1 Å². The van der Waals surface area contributed by atoms with Crippen LogP contribution in [-0.2, 0) is 11.3 Å². The highest BCUT2D eigenvalue weighted by atomic mass is 19.1. The average molecular weight is 331 g/mol. The molecule has 3 aromatic rings. The van der Waals surface area contributed by atoms with Crippen molar-refractivity contribution in [2.45, 2.75) is 6.61 Å². The quantitative estimate of drug-likeness (QED) is 0.650. The van der Waals surface area contributed by atoms with Crippen LogP contribution in [-0.4, -0.2) is 5.97 Å². The van der Waals surface area contributed by atoms with Crippen molar-refractivity contribution < 1.29 is 13.9 Å². The molecular formula is C21H14FNO2. The van der Waals surface area contributed by atoms with Crippen molar-refractivity contribution >= 4 is 5.97 Å². The predicted molar refractivity (Wildman–Crippen MR) is 92.1 cm³/mol. The second-order valence-corrected chi connectivity index (χ2v) is 5.41. The molecule has 0 aliphatic heterocycles. The highest BCUT2D eigenvalue weighted by molar-refractivity contribution is 5.89. The molecular weight excluding hydrogens is 317 g/mol. The van der Waals surface area contributed by atoms with E-state index in [1.165, 1.54) is 18.2 Å². The Morgan fingerprint density at radius 2 is 1.64 bits per heavy atom. The van der Waals surface area contributed by atoms with Gasteiger partial charge < -0.3 is 4.74 Å². The van der Waals surface area contributed by atoms with Gasteiger partial charge in [0.05, 0.1) is 17.2 Å². The number of nitrogens with zero attached hydrogens (tertiary/aromatic N) is 1. The monoisotopic (exact) mass is 331 g/mol. The van der Waals surface area contributed by atoms with Gasteiger partial charge in [0.25, 0.3) is 0 Å². The van der Waals surface area contributed by atoms with E-state index in [9.17, 15) is 14.4 Å². The molecule has 0 fully saturated rings. The SMILES string of the molecule is N#Cc1ccccc1-c1ccc(COC(=O)c2ccccc2F)cc1. The van der Waals surface area contributed by atoms with Gasteiger partial charge in [0.1, 0.15) is 12.4 Å². The van der Waals surface area contributed by atoms with Gasteiger partial charge in [-0.2, -0.15) is 5.26 Å². The van der Waals surface area contributed by atoms with E-state index in [2.05, 4.69) is 6.07 Å². The first-order valence-electron chi connectivity index (χ1n) is 7.69. The van der Waals surface area contributed by atoms with Crippen LogP contribution in [0.1, 0.15) is 21.5 Å². The van der Waals surface area contributed by atoms with Gasteiger partial charge in [0.2, 0.25) is 0 Å². The van der Waals surface area contributed by atoms with E-state index in [1.54, 1.807) is 12.1 Å². The number of ether oxygens (including phenoxy) is 1. The smallest absolute Gasteiger partial charge is 0.341 e. The number of rotatable bonds is 4. The van der Waals surface area contributed by atoms with Gasteiger partial charge in [-0.25, -0.2) is 9.18 Å². The van der Waals surface area contributed by atoms with Gasteiger partial charge in [0.15, 0.2) is 0 Å². The van der Waals surface area contributed by atoms with Gasteiger partial charge in [-0.3, -0.25) is 0 Å². The normalized spacial score (nSPS) is 10.1. The van der Waals surface area contributed by atoms with Gasteiger partial charge in [-0.1, -0.05) is 54.6 Å². The maximum absolute atomic E-state index is 13.6. The molecule has 0 heterocycles. The van der Waals surface area contributed by atoms with E-state index >= 15 is 0 Å². The number of carbonyl (C=O) groups excluding carboxylic acids is 1. The summed E-state index contributed by atoms with van der Waals surface area (Å²) in [5.41, 5.74) is 3.05. The first kappa shape index (κ1) is 16.4. The molecule has 0 aliphatic rings. The van der Waals surface area contributed by atoms with Crippen molar-refractivity contribution in [2.75, 3.05) is 0 Å². The molecule has 0 N–H and O–H groups in total. The molecule has 0 saturated carbocycles. The minimum absolute atomic E-state index is 0.0490. The lowest BCUT2D eigenvalue weighted by Crippen LogP contribution is -2.07. The van der Waals surface area contributed by atoms with Crippen molar-refractivity contribution in [2.24, 2.45) is 0 Å². The number of nitriles is 1. The van der Waals surface area contributed by atoms with E-state index in [1.807, 2.05) is 42.5 Å². The molecule has 0 unspecified atom stereocenters. The summed E-state index contributed by atoms with van der Waals surface area (Å²) >= 11 is 0. The maximum atomic E-state index is 13.6. The fraction of sp³-hybridized carbons (Fsp3) is 0.0476. The Kier molecular flexibility index (Phi) is 4.87. The van der Waals surface area contributed by atoms with Crippen LogP contribution in [0.3, 0.4) is 0 Å². The first-order valence-corrected chi connectivity index (χ1v) is 7.69. The summed E-state index contributed by atoms with van der Waals surface area (Å²) in [5, 5.41) is 9.17. The summed E-state index contributed by atoms with van der Waals surface area (Å²) < 4.78 is 18.7. The molecule has 25 heavy (non-hydrogen) atoms. The van der Waals surface area contributed by atoms with Crippen molar-refractivity contribution in [1.29, 1.82) is 5.26 Å². The number of benzene rings is 3. The number of carbonyl (C=O) groups is 1. The Bertz CT molecular complexity index is 943. The third kappa shape index (κ3) is 3.73. The predicted octanol–water partition coefficient (Wildman–Crippen LogP) is 4.72. The van der Waals surface area contributed by atoms with Crippen LogP contribution in [0.5, 0.6) is 0 Å². The number of esters is 1. The number of hydrogen-bond acceptors (Lipinski definition) is 3. The lowest BCUT2D eigenvalue weighted by Gasteiger charge is -2.08. The van der Waals surface area contributed by atoms with Gasteiger partial charge in [-0.05, 0) is 34.9 Å². The van der Waals surface area contributed by atoms with Crippen LogP contribution in [0.15, 0.2) is 72.8 Å². The van der Waals surface area contributed by atoms with Gasteiger partial charge in [0, 0.05) is 0 Å². The first-order chi connectivity index (χ1) is 12.2. The van der Waals surface area contributed by atoms with Gasteiger partial charge >= 0.3 is 5.97 Å². The standard InChI is InChI=1S/C21H14FNO2/c22-20-8-4-3-7-19(20)21(24)25-14-15-9-11-16(12-10-15)18-6-2-1-5-17(18)13-23/h1-12H,14H2. The van der Waals surface area contributed by atoms with E-state index in [0.717, 1.165) is 16.7 Å². The molecule has 0 amide bonds. The summed E-state index contributed by atoms with van der Waals surface area (Å²) in [7, 11) is 0. The summed E-state index contributed by atoms with van der Waals surface area (Å²) in [6.07, 6.45) is 0. The van der Waals surface area contributed by atoms with E-state index < -0.39 is 11.8 Å². The third-order valence-electron chi connectivity index (χ3n) is 3.78. The number of halogens is 1. The zero-order valence-electron chi connectivity index (χ0n) is 13.3. The second-order valence-electron chi connectivity index (χ2n) is 5.41. The molecule has 3 nitrogen and oxygen atoms in total. The maximum Gasteiger partial charge on any atom is 0.341 e. The fourth-order valence-corrected chi connectivity index (χ4v) is 2.47. The van der Waals surface area contributed by atoms with Crippen LogP contribution >= 0.6 is 0 Å². The van der Waals surface area contributed by atoms with Crippen molar-refractivity contribution in [3.05, 3.63) is 95.3 Å². The lowest BCUT2D eigenvalue weighted by atomic mass is 9.99. The largest absolute Gasteiger partial charge is 0.457 e. The third-order valence-corrected chi connectivity index (χ3v) is 3.78. The minimum atomic E-state index is -0.697. The molecule has 0 aromatic heterocycles. The van der Waals surface area contributed by atoms with Crippen LogP contribution in [0.4, 0.5) is 4.39 Å². The average Bonchev–Trinajstić information content (AvgIpc) is 2.67. The fourth-order valence-electron chi connectivity index (χ4n) is 2.47. The Morgan fingerprint density at radius 1 is 0.960 bits per heavy atom. The van der Waals surface area contributed by atoms with Crippen molar-refractivity contribution in [1.82, 2.24) is 0 Å². The molecule has 0 atom stereocenters. The zero-order chi connectivity index (χ0) is 17.6. The summed E-state index contributed by atoms with van der Waals surface area (Å²) in [6.45, 7) is 0.0490. The summed E-state index contributed by atoms with van der Waals surface area (Å²) in [4.78, 5) is 11.9. The Balaban J connectivity index is 1.70. The van der Waals surface area contributed by atoms with Crippen molar-refractivity contribution in [3.63, 3.8) is 0 Å². The molecule has 0 bridgehead atoms. The molecule has 122 valence electrons. The topological polar surface area (TPSA) is 50.1 Å². The Morgan fingerprint density at radius 3 is 2.36 bits per heavy atom. The highest BCUT2D eigenvalue weighted by Gasteiger charge is 2.12. The van der Waals surface area contributed by atoms with Crippen LogP contribution < -0.4 is 0 Å². The minimum Gasteiger partial charge on any atom is -0.457 e. The molecule has 3 aromatic carbocycles. The zero-order valence-corrected chi connectivity index (χ0v) is 13.3. The number of hydrogen-bond donors (Lipinski definition) is 0. The molecule has 4 heteroatoms. The molecule has 0 radical (unpaired) electrons. The van der Waals surface area contributed by atoms with E-state index in [-0.39, 0.29) is 12.2 Å². The molecule has 0 saturated heterocycles. The van der Waals surface area contributed by atoms with Crippen LogP contribution in [0.25, 0.3) is 11.1 Å².